The second kappa shape index (κ2) is 8.67. The van der Waals surface area contributed by atoms with E-state index < -0.39 is 0 Å². The number of anilines is 3. The first-order valence-electron chi connectivity index (χ1n) is 11.2. The smallest absolute Gasteiger partial charge is 0.257 e. The molecule has 2 aromatic rings. The number of carbonyl (C=O) groups is 2. The quantitative estimate of drug-likeness (QED) is 0.792. The maximum Gasteiger partial charge on any atom is 0.257 e. The van der Waals surface area contributed by atoms with Gasteiger partial charge in [0, 0.05) is 31.6 Å². The standard InChI is InChI=1S/C24H28N4O3/c29-22-14-26-23-21(28(22)15-16-8-10-31-11-9-16)12-18(13-25-23)24(30)27-20-7-3-5-17-4-1-2-6-19(17)20/h3,5,7,12-13,16H,1-2,4,6,8-11,14-15H2,(H,25,26)(H,27,30). The van der Waals surface area contributed by atoms with Gasteiger partial charge < -0.3 is 20.3 Å². The number of hydrogen-bond donors (Lipinski definition) is 2. The van der Waals surface area contributed by atoms with Gasteiger partial charge in [0.25, 0.3) is 5.91 Å². The minimum absolute atomic E-state index is 0.00970. The number of amides is 2. The SMILES string of the molecule is O=C(Nc1cccc2c1CCCC2)c1cnc2c(c1)N(CC1CCOCC1)C(=O)CN2. The summed E-state index contributed by atoms with van der Waals surface area (Å²) in [6.07, 6.45) is 7.87. The van der Waals surface area contributed by atoms with Crippen LogP contribution in [-0.4, -0.2) is 43.1 Å². The second-order valence-electron chi connectivity index (χ2n) is 8.61. The molecule has 3 aliphatic rings. The molecule has 1 fully saturated rings. The van der Waals surface area contributed by atoms with Gasteiger partial charge in [-0.25, -0.2) is 4.98 Å². The number of carbonyl (C=O) groups excluding carboxylic acids is 2. The molecule has 1 aromatic heterocycles. The first kappa shape index (κ1) is 20.0. The van der Waals surface area contributed by atoms with Gasteiger partial charge in [-0.2, -0.15) is 0 Å². The van der Waals surface area contributed by atoms with Crippen LogP contribution in [0.4, 0.5) is 17.2 Å². The summed E-state index contributed by atoms with van der Waals surface area (Å²) in [5, 5.41) is 6.16. The summed E-state index contributed by atoms with van der Waals surface area (Å²) in [5.74, 6) is 0.867. The molecule has 1 aliphatic carbocycles. The lowest BCUT2D eigenvalue weighted by Gasteiger charge is -2.33. The van der Waals surface area contributed by atoms with Crippen molar-refractivity contribution in [2.45, 2.75) is 38.5 Å². The molecular weight excluding hydrogens is 392 g/mol. The molecular formula is C24H28N4O3. The Bertz CT molecular complexity index is 1000. The lowest BCUT2D eigenvalue weighted by molar-refractivity contribution is -0.117. The zero-order valence-electron chi connectivity index (χ0n) is 17.7. The summed E-state index contributed by atoms with van der Waals surface area (Å²) in [7, 11) is 0. The van der Waals surface area contributed by atoms with Crippen molar-refractivity contribution in [1.82, 2.24) is 4.98 Å². The summed E-state index contributed by atoms with van der Waals surface area (Å²) in [4.78, 5) is 32.0. The average Bonchev–Trinajstić information content (AvgIpc) is 2.81. The first-order valence-corrected chi connectivity index (χ1v) is 11.2. The zero-order valence-corrected chi connectivity index (χ0v) is 17.7. The minimum Gasteiger partial charge on any atom is -0.381 e. The average molecular weight is 421 g/mol. The number of benzene rings is 1. The molecule has 3 heterocycles. The normalized spacial score (nSPS) is 18.7. The number of pyridine rings is 1. The number of aromatic nitrogens is 1. The molecule has 2 aliphatic heterocycles. The summed E-state index contributed by atoms with van der Waals surface area (Å²) in [5.41, 5.74) is 4.59. The minimum atomic E-state index is -0.196. The van der Waals surface area contributed by atoms with Gasteiger partial charge in [-0.05, 0) is 67.7 Å². The van der Waals surface area contributed by atoms with Crippen molar-refractivity contribution >= 4 is 29.0 Å². The molecule has 2 amide bonds. The fraction of sp³-hybridized carbons (Fsp3) is 0.458. The van der Waals surface area contributed by atoms with Gasteiger partial charge in [0.15, 0.2) is 0 Å². The third-order valence-corrected chi connectivity index (χ3v) is 6.55. The Balaban J connectivity index is 1.38. The number of nitrogens with zero attached hydrogens (tertiary/aromatic N) is 2. The molecule has 5 rings (SSSR count). The number of rotatable bonds is 4. The van der Waals surface area contributed by atoms with E-state index in [9.17, 15) is 9.59 Å². The van der Waals surface area contributed by atoms with Gasteiger partial charge in [0.1, 0.15) is 5.82 Å². The summed E-state index contributed by atoms with van der Waals surface area (Å²) < 4.78 is 5.45. The molecule has 7 nitrogen and oxygen atoms in total. The van der Waals surface area contributed by atoms with Crippen molar-refractivity contribution in [2.75, 3.05) is 41.8 Å². The Labute approximate surface area is 182 Å². The highest BCUT2D eigenvalue weighted by Gasteiger charge is 2.29. The molecule has 0 bridgehead atoms. The van der Waals surface area contributed by atoms with Crippen LogP contribution in [0.3, 0.4) is 0 Å². The molecule has 31 heavy (non-hydrogen) atoms. The number of hydrogen-bond acceptors (Lipinski definition) is 5. The molecule has 0 radical (unpaired) electrons. The summed E-state index contributed by atoms with van der Waals surface area (Å²) in [6, 6.07) is 7.91. The van der Waals surface area contributed by atoms with Crippen molar-refractivity contribution in [3.8, 4) is 0 Å². The van der Waals surface area contributed by atoms with Crippen LogP contribution in [-0.2, 0) is 22.4 Å². The fourth-order valence-electron chi connectivity index (χ4n) is 4.79. The maximum absolute atomic E-state index is 13.1. The molecule has 0 atom stereocenters. The van der Waals surface area contributed by atoms with E-state index in [0.29, 0.717) is 29.5 Å². The Kier molecular flexibility index (Phi) is 5.59. The molecule has 0 saturated carbocycles. The Morgan fingerprint density at radius 1 is 1.23 bits per heavy atom. The fourth-order valence-corrected chi connectivity index (χ4v) is 4.79. The Morgan fingerprint density at radius 3 is 2.94 bits per heavy atom. The molecule has 2 N–H and O–H groups in total. The van der Waals surface area contributed by atoms with Crippen LogP contribution in [0.2, 0.25) is 0 Å². The van der Waals surface area contributed by atoms with Crippen molar-refractivity contribution in [1.29, 1.82) is 0 Å². The van der Waals surface area contributed by atoms with E-state index in [1.807, 2.05) is 12.1 Å². The highest BCUT2D eigenvalue weighted by molar-refractivity contribution is 6.08. The summed E-state index contributed by atoms with van der Waals surface area (Å²) in [6.45, 7) is 2.33. The highest BCUT2D eigenvalue weighted by Crippen LogP contribution is 2.32. The van der Waals surface area contributed by atoms with Crippen molar-refractivity contribution < 1.29 is 14.3 Å². The first-order chi connectivity index (χ1) is 15.2. The van der Waals surface area contributed by atoms with E-state index in [4.69, 9.17) is 4.74 Å². The molecule has 1 saturated heterocycles. The van der Waals surface area contributed by atoms with Gasteiger partial charge in [-0.3, -0.25) is 9.59 Å². The van der Waals surface area contributed by atoms with Crippen molar-refractivity contribution in [2.24, 2.45) is 5.92 Å². The molecule has 7 heteroatoms. The number of ether oxygens (including phenoxy) is 1. The predicted octanol–water partition coefficient (Wildman–Crippen LogP) is 3.40. The summed E-state index contributed by atoms with van der Waals surface area (Å²) >= 11 is 0. The van der Waals surface area contributed by atoms with E-state index in [1.165, 1.54) is 17.5 Å². The van der Waals surface area contributed by atoms with Gasteiger partial charge in [-0.15, -0.1) is 0 Å². The number of fused-ring (bicyclic) bond motifs is 2. The second-order valence-corrected chi connectivity index (χ2v) is 8.61. The van der Waals surface area contributed by atoms with Gasteiger partial charge >= 0.3 is 0 Å². The molecule has 0 unspecified atom stereocenters. The van der Waals surface area contributed by atoms with Crippen LogP contribution in [0.1, 0.15) is 47.2 Å². The zero-order chi connectivity index (χ0) is 21.2. The van der Waals surface area contributed by atoms with Crippen LogP contribution < -0.4 is 15.5 Å². The molecule has 162 valence electrons. The lowest BCUT2D eigenvalue weighted by Crippen LogP contribution is -2.44. The van der Waals surface area contributed by atoms with Gasteiger partial charge in [0.2, 0.25) is 5.91 Å². The van der Waals surface area contributed by atoms with Gasteiger partial charge in [0.05, 0.1) is 17.8 Å². The van der Waals surface area contributed by atoms with Gasteiger partial charge in [-0.1, -0.05) is 12.1 Å². The molecule has 1 aromatic carbocycles. The predicted molar refractivity (Wildman–Crippen MR) is 120 cm³/mol. The number of nitrogens with one attached hydrogen (secondary N) is 2. The number of aryl methyl sites for hydroxylation is 1. The van der Waals surface area contributed by atoms with Crippen molar-refractivity contribution in [3.63, 3.8) is 0 Å². The van der Waals surface area contributed by atoms with E-state index in [2.05, 4.69) is 21.7 Å². The molecule has 0 spiro atoms. The van der Waals surface area contributed by atoms with E-state index in [1.54, 1.807) is 17.2 Å². The van der Waals surface area contributed by atoms with Crippen LogP contribution in [0, 0.1) is 5.92 Å². The lowest BCUT2D eigenvalue weighted by atomic mass is 9.90. The Morgan fingerprint density at radius 2 is 2.06 bits per heavy atom. The van der Waals surface area contributed by atoms with Crippen LogP contribution in [0.25, 0.3) is 0 Å². The highest BCUT2D eigenvalue weighted by atomic mass is 16.5. The van der Waals surface area contributed by atoms with Crippen LogP contribution >= 0.6 is 0 Å². The largest absolute Gasteiger partial charge is 0.381 e. The maximum atomic E-state index is 13.1. The van der Waals surface area contributed by atoms with Crippen LogP contribution in [0.5, 0.6) is 0 Å². The van der Waals surface area contributed by atoms with E-state index >= 15 is 0 Å². The van der Waals surface area contributed by atoms with Crippen LogP contribution in [0.15, 0.2) is 30.5 Å². The van der Waals surface area contributed by atoms with Crippen molar-refractivity contribution in [3.05, 3.63) is 47.2 Å². The topological polar surface area (TPSA) is 83.6 Å². The Hall–Kier alpha value is -2.93. The van der Waals surface area contributed by atoms with E-state index in [-0.39, 0.29) is 18.4 Å². The third kappa shape index (κ3) is 4.14. The van der Waals surface area contributed by atoms with E-state index in [0.717, 1.165) is 51.0 Å². The third-order valence-electron chi connectivity index (χ3n) is 6.55. The monoisotopic (exact) mass is 420 g/mol.